The van der Waals surface area contributed by atoms with Gasteiger partial charge in [0.15, 0.2) is 34.6 Å². The van der Waals surface area contributed by atoms with E-state index in [1.807, 2.05) is 12.1 Å². The van der Waals surface area contributed by atoms with Gasteiger partial charge in [0.1, 0.15) is 13.2 Å². The molecule has 0 heterocycles. The van der Waals surface area contributed by atoms with Crippen LogP contribution < -0.4 is 30.4 Å². The van der Waals surface area contributed by atoms with Gasteiger partial charge in [-0.2, -0.15) is 0 Å². The van der Waals surface area contributed by atoms with Crippen molar-refractivity contribution in [3.63, 3.8) is 0 Å². The van der Waals surface area contributed by atoms with Crippen LogP contribution in [0.15, 0.2) is 109 Å². The highest BCUT2D eigenvalue weighted by Gasteiger charge is 2.28. The zero-order valence-corrected chi connectivity index (χ0v) is 35.9. The van der Waals surface area contributed by atoms with Crippen molar-refractivity contribution in [3.8, 4) is 23.0 Å². The highest BCUT2D eigenvalue weighted by Crippen LogP contribution is 2.32. The lowest BCUT2D eigenvalue weighted by molar-refractivity contribution is -0.151. The molecule has 4 rings (SSSR count). The molecule has 340 valence electrons. The molecule has 2 atom stereocenters. The molecule has 0 spiro atoms. The highest BCUT2D eigenvalue weighted by atomic mass is 16.6. The molecule has 0 aromatic heterocycles. The molecule has 16 heteroatoms. The molecule has 2 amide bonds. The predicted molar refractivity (Wildman–Crippen MR) is 236 cm³/mol. The van der Waals surface area contributed by atoms with E-state index < -0.39 is 65.5 Å². The average molecular weight is 891 g/mol. The van der Waals surface area contributed by atoms with Gasteiger partial charge in [-0.1, -0.05) is 84.9 Å². The van der Waals surface area contributed by atoms with Crippen LogP contribution in [0.5, 0.6) is 23.0 Å². The third kappa shape index (κ3) is 17.8. The third-order valence-electron chi connectivity index (χ3n) is 9.52. The second-order valence-electron chi connectivity index (χ2n) is 14.5. The number of rotatable bonds is 26. The molecule has 4 aromatic carbocycles. The number of ketones is 2. The number of carbonyl (C=O) groups excluding carboxylic acids is 8. The minimum atomic E-state index is -1.04. The van der Waals surface area contributed by atoms with E-state index in [0.717, 1.165) is 11.1 Å². The van der Waals surface area contributed by atoms with Gasteiger partial charge in [0, 0.05) is 12.8 Å². The summed E-state index contributed by atoms with van der Waals surface area (Å²) in [6.45, 7) is 0.00871. The molecule has 0 aliphatic heterocycles. The molecule has 0 aliphatic rings. The van der Waals surface area contributed by atoms with Crippen LogP contribution in [0.2, 0.25) is 0 Å². The number of methoxy groups -OCH3 is 2. The highest BCUT2D eigenvalue weighted by molar-refractivity contribution is 6.11. The van der Waals surface area contributed by atoms with Crippen molar-refractivity contribution in [1.29, 1.82) is 0 Å². The summed E-state index contributed by atoms with van der Waals surface area (Å²) in [6.07, 6.45) is 3.71. The summed E-state index contributed by atoms with van der Waals surface area (Å²) in [7, 11) is 2.69. The average Bonchev–Trinajstić information content (AvgIpc) is 3.30. The van der Waals surface area contributed by atoms with Gasteiger partial charge < -0.3 is 39.9 Å². The minimum absolute atomic E-state index is 0.00435. The van der Waals surface area contributed by atoms with E-state index >= 15 is 0 Å². The van der Waals surface area contributed by atoms with E-state index in [2.05, 4.69) is 0 Å². The fraction of sp³-hybridized carbons (Fsp3) is 0.265. The number of hydrogen-bond acceptors (Lipinski definition) is 14. The van der Waals surface area contributed by atoms with Gasteiger partial charge in [0.2, 0.25) is 11.8 Å². The number of nitrogens with two attached hydrogens (primary N) is 2. The number of amides is 2. The lowest BCUT2D eigenvalue weighted by Gasteiger charge is -2.16. The van der Waals surface area contributed by atoms with Crippen molar-refractivity contribution < 1.29 is 66.8 Å². The number of benzene rings is 4. The zero-order chi connectivity index (χ0) is 47.1. The summed E-state index contributed by atoms with van der Waals surface area (Å²) in [5, 5.41) is 0. The van der Waals surface area contributed by atoms with Crippen molar-refractivity contribution >= 4 is 59.4 Å². The standard InChI is InChI=1S/C49H50N2O14/c1-60-42-25-32(15-21-40(42)64-48(58)36(17-23-44(50)54)27-46(56)62-30-34-9-5-3-6-10-34)13-19-38(52)29-39(53)20-14-33-16-22-41(43(26-33)61-2)65-49(59)37(18-24-45(51)55)28-47(57)63-31-35-11-7-4-8-12-35/h3-16,19-22,25-26,36-37H,17-18,23-24,27-31H2,1-2H3,(H2,50,54)(H2,51,55)/b19-13+,20-14+/t36-,37-/m1/s1. The topological polar surface area (TPSA) is 244 Å². The Morgan fingerprint density at radius 1 is 0.523 bits per heavy atom. The summed E-state index contributed by atoms with van der Waals surface area (Å²) in [5.74, 6) is -7.05. The zero-order valence-electron chi connectivity index (χ0n) is 35.9. The second kappa shape index (κ2) is 25.9. The molecule has 0 fully saturated rings. The summed E-state index contributed by atoms with van der Waals surface area (Å²) in [6, 6.07) is 26.9. The number of carbonyl (C=O) groups is 8. The molecule has 4 aromatic rings. The van der Waals surface area contributed by atoms with E-state index in [9.17, 15) is 38.4 Å². The summed E-state index contributed by atoms with van der Waals surface area (Å²) < 4.78 is 32.5. The van der Waals surface area contributed by atoms with Gasteiger partial charge in [0.25, 0.3) is 0 Å². The van der Waals surface area contributed by atoms with Crippen LogP contribution in [0.25, 0.3) is 12.2 Å². The van der Waals surface area contributed by atoms with Crippen molar-refractivity contribution in [2.45, 2.75) is 58.2 Å². The molecule has 0 bridgehead atoms. The predicted octanol–water partition coefficient (Wildman–Crippen LogP) is 5.80. The quantitative estimate of drug-likeness (QED) is 0.0328. The van der Waals surface area contributed by atoms with E-state index in [-0.39, 0.29) is 74.7 Å². The van der Waals surface area contributed by atoms with Crippen LogP contribution in [-0.4, -0.2) is 61.5 Å². The van der Waals surface area contributed by atoms with Crippen molar-refractivity contribution in [2.24, 2.45) is 23.3 Å². The first-order valence-corrected chi connectivity index (χ1v) is 20.4. The Hall–Kier alpha value is -7.88. The van der Waals surface area contributed by atoms with Crippen molar-refractivity contribution in [3.05, 3.63) is 131 Å². The molecule has 0 unspecified atom stereocenters. The summed E-state index contributed by atoms with van der Waals surface area (Å²) >= 11 is 0. The van der Waals surface area contributed by atoms with E-state index in [0.29, 0.717) is 11.1 Å². The van der Waals surface area contributed by atoms with E-state index in [4.69, 9.17) is 39.9 Å². The van der Waals surface area contributed by atoms with E-state index in [1.165, 1.54) is 62.8 Å². The molecule has 16 nitrogen and oxygen atoms in total. The first-order valence-electron chi connectivity index (χ1n) is 20.4. The summed E-state index contributed by atoms with van der Waals surface area (Å²) in [4.78, 5) is 100.0. The molecule has 65 heavy (non-hydrogen) atoms. The lowest BCUT2D eigenvalue weighted by atomic mass is 9.99. The number of primary amides is 2. The van der Waals surface area contributed by atoms with Crippen LogP contribution in [0.4, 0.5) is 0 Å². The molecule has 0 aliphatic carbocycles. The van der Waals surface area contributed by atoms with E-state index in [1.54, 1.807) is 60.7 Å². The largest absolute Gasteiger partial charge is 0.493 e. The third-order valence-corrected chi connectivity index (χ3v) is 9.52. The van der Waals surface area contributed by atoms with Crippen LogP contribution >= 0.6 is 0 Å². The molecular formula is C49H50N2O14. The molecule has 0 radical (unpaired) electrons. The number of esters is 4. The van der Waals surface area contributed by atoms with Gasteiger partial charge >= 0.3 is 23.9 Å². The molecule has 4 N–H and O–H groups in total. The first kappa shape index (κ1) is 49.8. The fourth-order valence-corrected chi connectivity index (χ4v) is 6.03. The maximum absolute atomic E-state index is 13.2. The Morgan fingerprint density at radius 2 is 0.908 bits per heavy atom. The normalized spacial score (nSPS) is 11.8. The van der Waals surface area contributed by atoms with Crippen molar-refractivity contribution in [1.82, 2.24) is 0 Å². The molecule has 0 saturated heterocycles. The van der Waals surface area contributed by atoms with Crippen LogP contribution in [0.1, 0.15) is 67.2 Å². The van der Waals surface area contributed by atoms with Gasteiger partial charge in [-0.05, 0) is 71.5 Å². The number of ether oxygens (including phenoxy) is 6. The Bertz CT molecular complexity index is 2210. The van der Waals surface area contributed by atoms with Crippen molar-refractivity contribution in [2.75, 3.05) is 14.2 Å². The van der Waals surface area contributed by atoms with Gasteiger partial charge in [-0.25, -0.2) is 0 Å². The maximum atomic E-state index is 13.2. The van der Waals surface area contributed by atoms with Crippen LogP contribution in [-0.2, 0) is 61.0 Å². The first-order chi connectivity index (χ1) is 31.2. The van der Waals surface area contributed by atoms with Gasteiger partial charge in [-0.3, -0.25) is 38.4 Å². The SMILES string of the molecule is COc1cc(/C=C/C(=O)CC(=O)/C=C/c2ccc(OC(=O)[C@H](CCC(N)=O)CC(=O)OCc3ccccc3)c(OC)c2)ccc1OC(=O)[C@H](CCC(N)=O)CC(=O)OCc1ccccc1. The Morgan fingerprint density at radius 3 is 1.26 bits per heavy atom. The molecule has 0 saturated carbocycles. The Labute approximate surface area is 375 Å². The Balaban J connectivity index is 1.31. The minimum Gasteiger partial charge on any atom is -0.493 e. The monoisotopic (exact) mass is 890 g/mol. The van der Waals surface area contributed by atoms with Crippen LogP contribution in [0.3, 0.4) is 0 Å². The number of hydrogen-bond donors (Lipinski definition) is 2. The second-order valence-corrected chi connectivity index (χ2v) is 14.5. The molecular weight excluding hydrogens is 841 g/mol. The maximum Gasteiger partial charge on any atom is 0.315 e. The van der Waals surface area contributed by atoms with Gasteiger partial charge in [0.05, 0.1) is 45.3 Å². The number of allylic oxidation sites excluding steroid dienone is 2. The Kier molecular flexibility index (Phi) is 19.8. The smallest absolute Gasteiger partial charge is 0.315 e. The summed E-state index contributed by atoms with van der Waals surface area (Å²) in [5.41, 5.74) is 13.1. The lowest BCUT2D eigenvalue weighted by Crippen LogP contribution is -2.26. The fourth-order valence-electron chi connectivity index (χ4n) is 6.03. The van der Waals surface area contributed by atoms with Gasteiger partial charge in [-0.15, -0.1) is 0 Å². The van der Waals surface area contributed by atoms with Crippen LogP contribution in [0, 0.1) is 11.8 Å².